The molecule has 0 heterocycles. The number of aliphatic hydroxyl groups is 2. The molecule has 0 aromatic heterocycles. The molecule has 0 aromatic carbocycles. The van der Waals surface area contributed by atoms with Crippen molar-refractivity contribution < 1.29 is 63.2 Å². The first-order chi connectivity index (χ1) is 15.8. The number of rotatable bonds is 6. The van der Waals surface area contributed by atoms with E-state index < -0.39 is 36.1 Å². The van der Waals surface area contributed by atoms with Gasteiger partial charge in [0.05, 0.1) is 18.6 Å². The van der Waals surface area contributed by atoms with Crippen molar-refractivity contribution in [3.63, 3.8) is 0 Å². The van der Waals surface area contributed by atoms with E-state index in [0.29, 0.717) is 18.8 Å². The molecule has 4 rings (SSSR count). The van der Waals surface area contributed by atoms with E-state index >= 15 is 0 Å². The van der Waals surface area contributed by atoms with Crippen LogP contribution in [0, 0.1) is 46.3 Å². The standard InChI is InChI=1S/C26H41F2NO5.Na/c1-14(4-7-21(32)29-12-22(33)34)16-5-6-17-23-18(8-9-24(16,17)2)25(3)13-26(27,28)20(31)11-15(25)10-19(23)30;/h14-20,23,30-31H,4-13H2,1-3H3,(H,29,32)(H,33,34);/q;+1/p-1/t14-,15-,16-,17?,18?,19+,20-,23?,24-,25+;/m1./s1. The quantitative estimate of drug-likeness (QED) is 0.421. The van der Waals surface area contributed by atoms with Gasteiger partial charge in [-0.15, -0.1) is 0 Å². The van der Waals surface area contributed by atoms with Crippen molar-refractivity contribution in [1.82, 2.24) is 5.32 Å². The summed E-state index contributed by atoms with van der Waals surface area (Å²) in [6.45, 7) is 5.93. The molecule has 4 aliphatic rings. The zero-order chi connectivity index (χ0) is 25.1. The van der Waals surface area contributed by atoms with Crippen molar-refractivity contribution in [2.75, 3.05) is 6.54 Å². The number of alkyl halides is 2. The van der Waals surface area contributed by atoms with Crippen molar-refractivity contribution >= 4 is 11.9 Å². The van der Waals surface area contributed by atoms with Crippen LogP contribution < -0.4 is 40.0 Å². The molecule has 0 saturated heterocycles. The fourth-order valence-electron chi connectivity index (χ4n) is 9.02. The van der Waals surface area contributed by atoms with Crippen molar-refractivity contribution in [1.29, 1.82) is 0 Å². The zero-order valence-corrected chi connectivity index (χ0v) is 23.6. The minimum Gasteiger partial charge on any atom is -0.548 e. The Hall–Kier alpha value is -0.280. The molecule has 0 bridgehead atoms. The number of nitrogens with one attached hydrogen (secondary N) is 1. The van der Waals surface area contributed by atoms with E-state index in [9.17, 15) is 33.7 Å². The van der Waals surface area contributed by atoms with Crippen molar-refractivity contribution in [2.45, 2.75) is 96.7 Å². The SMILES string of the molecule is C[C@H](CCC(=O)NCC(=O)[O-])[C@H]1CCC2C3C(CC[C@@]21C)[C@@]1(C)CC(F)(F)[C@H](O)C[C@H]1C[C@@H]3O.[Na+]. The molecule has 3 N–H and O–H groups in total. The molecule has 6 nitrogen and oxygen atoms in total. The van der Waals surface area contributed by atoms with Gasteiger partial charge in [0.2, 0.25) is 5.91 Å². The third-order valence-corrected chi connectivity index (χ3v) is 10.7. The molecule has 3 unspecified atom stereocenters. The maximum absolute atomic E-state index is 14.6. The van der Waals surface area contributed by atoms with Crippen LogP contribution in [0.25, 0.3) is 0 Å². The number of aliphatic hydroxyl groups excluding tert-OH is 2. The first kappa shape index (κ1) is 29.3. The van der Waals surface area contributed by atoms with E-state index in [4.69, 9.17) is 0 Å². The molecule has 0 spiro atoms. The van der Waals surface area contributed by atoms with E-state index in [-0.39, 0.29) is 89.7 Å². The van der Waals surface area contributed by atoms with Crippen LogP contribution in [0.5, 0.6) is 0 Å². The predicted molar refractivity (Wildman–Crippen MR) is 119 cm³/mol. The summed E-state index contributed by atoms with van der Waals surface area (Å²) in [7, 11) is 0. The molecule has 0 radical (unpaired) electrons. The molecule has 35 heavy (non-hydrogen) atoms. The largest absolute Gasteiger partial charge is 1.00 e. The van der Waals surface area contributed by atoms with E-state index in [1.165, 1.54) is 0 Å². The van der Waals surface area contributed by atoms with E-state index in [0.717, 1.165) is 25.7 Å². The molecule has 4 aliphatic carbocycles. The first-order valence-corrected chi connectivity index (χ1v) is 13.0. The number of carbonyl (C=O) groups excluding carboxylic acids is 2. The molecular weight excluding hydrogens is 467 g/mol. The molecule has 4 saturated carbocycles. The van der Waals surface area contributed by atoms with Crippen LogP contribution in [0.2, 0.25) is 0 Å². The summed E-state index contributed by atoms with van der Waals surface area (Å²) >= 11 is 0. The minimum atomic E-state index is -3.08. The molecule has 4 fully saturated rings. The van der Waals surface area contributed by atoms with Gasteiger partial charge in [-0.05, 0) is 91.3 Å². The number of hydrogen-bond acceptors (Lipinski definition) is 5. The molecule has 1 amide bonds. The maximum atomic E-state index is 14.6. The van der Waals surface area contributed by atoms with Gasteiger partial charge in [-0.25, -0.2) is 8.78 Å². The third-order valence-electron chi connectivity index (χ3n) is 10.7. The van der Waals surface area contributed by atoms with Gasteiger partial charge in [-0.3, -0.25) is 4.79 Å². The second kappa shape index (κ2) is 10.5. The number of halogens is 2. The summed E-state index contributed by atoms with van der Waals surface area (Å²) in [6.07, 6.45) is 2.70. The minimum absolute atomic E-state index is 0. The Bertz CT molecular complexity index is 815. The predicted octanol–water partition coefficient (Wildman–Crippen LogP) is -0.491. The smallest absolute Gasteiger partial charge is 0.548 e. The first-order valence-electron chi connectivity index (χ1n) is 13.0. The van der Waals surface area contributed by atoms with Crippen LogP contribution in [0.3, 0.4) is 0 Å². The Morgan fingerprint density at radius 1 is 1.09 bits per heavy atom. The normalized spacial score (nSPS) is 44.7. The van der Waals surface area contributed by atoms with Gasteiger partial charge < -0.3 is 25.4 Å². The van der Waals surface area contributed by atoms with Gasteiger partial charge in [0.1, 0.15) is 6.10 Å². The summed E-state index contributed by atoms with van der Waals surface area (Å²) in [6, 6.07) is 0. The average Bonchev–Trinajstić information content (AvgIpc) is 3.09. The molecule has 0 aromatic rings. The van der Waals surface area contributed by atoms with E-state index in [2.05, 4.69) is 19.2 Å². The number of carboxylic acids is 1. The maximum Gasteiger partial charge on any atom is 1.00 e. The van der Waals surface area contributed by atoms with Crippen molar-refractivity contribution in [3.8, 4) is 0 Å². The second-order valence-electron chi connectivity index (χ2n) is 12.4. The van der Waals surface area contributed by atoms with Crippen molar-refractivity contribution in [3.05, 3.63) is 0 Å². The molecule has 194 valence electrons. The summed E-state index contributed by atoms with van der Waals surface area (Å²) in [5.41, 5.74) is -0.586. The van der Waals surface area contributed by atoms with Gasteiger partial charge in [-0.2, -0.15) is 0 Å². The number of amides is 1. The Morgan fingerprint density at radius 2 is 1.74 bits per heavy atom. The van der Waals surface area contributed by atoms with E-state index in [1.807, 2.05) is 6.92 Å². The molecule has 9 heteroatoms. The van der Waals surface area contributed by atoms with Crippen LogP contribution in [0.15, 0.2) is 0 Å². The number of hydrogen-bond donors (Lipinski definition) is 3. The number of carboxylic acid groups (broad SMARTS) is 1. The Labute approximate surface area is 229 Å². The van der Waals surface area contributed by atoms with E-state index in [1.54, 1.807) is 0 Å². The summed E-state index contributed by atoms with van der Waals surface area (Å²) < 4.78 is 29.3. The third kappa shape index (κ3) is 5.21. The van der Waals surface area contributed by atoms with Crippen LogP contribution in [0.1, 0.15) is 78.6 Å². The summed E-state index contributed by atoms with van der Waals surface area (Å²) in [4.78, 5) is 22.5. The topological polar surface area (TPSA) is 110 Å². The summed E-state index contributed by atoms with van der Waals surface area (Å²) in [5, 5.41) is 34.2. The molecular formula is C26H40F2NNaO5. The van der Waals surface area contributed by atoms with Crippen LogP contribution in [-0.2, 0) is 9.59 Å². The molecule has 10 atom stereocenters. The van der Waals surface area contributed by atoms with Crippen LogP contribution >= 0.6 is 0 Å². The Balaban J connectivity index is 0.00000342. The molecule has 0 aliphatic heterocycles. The number of fused-ring (bicyclic) bond motifs is 5. The number of aliphatic carboxylic acids is 1. The van der Waals surface area contributed by atoms with Crippen LogP contribution in [-0.4, -0.2) is 46.8 Å². The van der Waals surface area contributed by atoms with Gasteiger partial charge in [0.15, 0.2) is 0 Å². The fraction of sp³-hybridized carbons (Fsp3) is 0.923. The van der Waals surface area contributed by atoms with Gasteiger partial charge in [-0.1, -0.05) is 20.8 Å². The zero-order valence-electron chi connectivity index (χ0n) is 21.6. The van der Waals surface area contributed by atoms with Gasteiger partial charge in [0.25, 0.3) is 5.92 Å². The fourth-order valence-corrected chi connectivity index (χ4v) is 9.02. The van der Waals surface area contributed by atoms with Gasteiger partial charge in [0, 0.05) is 12.8 Å². The van der Waals surface area contributed by atoms with Crippen molar-refractivity contribution in [2.24, 2.45) is 46.3 Å². The van der Waals surface area contributed by atoms with Crippen LogP contribution in [0.4, 0.5) is 8.78 Å². The summed E-state index contributed by atoms with van der Waals surface area (Å²) in [5.74, 6) is -3.84. The van der Waals surface area contributed by atoms with Gasteiger partial charge >= 0.3 is 29.6 Å². The monoisotopic (exact) mass is 507 g/mol. The Morgan fingerprint density at radius 3 is 2.40 bits per heavy atom. The second-order valence-corrected chi connectivity index (χ2v) is 12.4. The average molecular weight is 508 g/mol. The number of carbonyl (C=O) groups is 2. The Kier molecular flexibility index (Phi) is 8.76.